The van der Waals surface area contributed by atoms with Crippen LogP contribution in [0.15, 0.2) is 224 Å². The van der Waals surface area contributed by atoms with Gasteiger partial charge in [0.25, 0.3) is 20.1 Å². The monoisotopic (exact) mass is 954 g/mol. The van der Waals surface area contributed by atoms with Gasteiger partial charge in [-0.15, -0.1) is 0 Å². The van der Waals surface area contributed by atoms with Crippen molar-refractivity contribution in [2.45, 2.75) is 0 Å². The van der Waals surface area contributed by atoms with E-state index in [0.29, 0.717) is 0 Å². The number of hydrogen-bond acceptors (Lipinski definition) is 6. The molecule has 12 aromatic carbocycles. The third-order valence-corrected chi connectivity index (χ3v) is 16.8. The number of para-hydroxylation sites is 5. The zero-order valence-electron chi connectivity index (χ0n) is 40.1. The highest BCUT2D eigenvalue weighted by Gasteiger charge is 2.45. The molecular weight excluding hydrogens is 917 g/mol. The van der Waals surface area contributed by atoms with Crippen LogP contribution in [0.2, 0.25) is 0 Å². The molecule has 0 atom stereocenters. The topological polar surface area (TPSA) is 43.4 Å². The average molecular weight is 954 g/mol. The van der Waals surface area contributed by atoms with Gasteiger partial charge < -0.3 is 28.7 Å². The van der Waals surface area contributed by atoms with E-state index in [0.717, 1.165) is 134 Å². The Balaban J connectivity index is 0.933. The number of hydrogen-bond donors (Lipinski definition) is 0. The fourth-order valence-corrected chi connectivity index (χ4v) is 13.8. The Kier molecular flexibility index (Phi) is 7.75. The zero-order valence-corrected chi connectivity index (χ0v) is 40.1. The molecular formula is C66H37B3N2O4. The predicted octanol–water partition coefficient (Wildman–Crippen LogP) is 10.7. The lowest BCUT2D eigenvalue weighted by atomic mass is 9.34. The Morgan fingerprint density at radius 3 is 1.01 bits per heavy atom. The molecule has 0 saturated carbocycles. The molecule has 0 N–H and O–H groups in total. The maximum atomic E-state index is 7.24. The molecule has 75 heavy (non-hydrogen) atoms. The zero-order chi connectivity index (χ0) is 48.6. The SMILES string of the molecule is c1ccc(N2c3ccccc3B3c4cc5c(cc4Oc4cccc2c43)c2cc3c(cc2c2cc4c(cc25)B2c5ccccc5N(c5ccccc5)c5cccc(c52)O4)B2c4ccccc4Oc4cccc(c42)O3)cc1. The highest BCUT2D eigenvalue weighted by Crippen LogP contribution is 2.47. The van der Waals surface area contributed by atoms with Crippen molar-refractivity contribution in [3.8, 4) is 46.0 Å². The van der Waals surface area contributed by atoms with E-state index >= 15 is 0 Å². The van der Waals surface area contributed by atoms with Crippen LogP contribution < -0.4 is 77.9 Å². The molecule has 344 valence electrons. The largest absolute Gasteiger partial charge is 0.458 e. The first-order valence-corrected chi connectivity index (χ1v) is 25.8. The second kappa shape index (κ2) is 14.6. The van der Waals surface area contributed by atoms with Crippen LogP contribution in [0, 0.1) is 0 Å². The van der Waals surface area contributed by atoms with Gasteiger partial charge in [-0.1, -0.05) is 127 Å². The molecule has 6 nitrogen and oxygen atoms in total. The van der Waals surface area contributed by atoms with E-state index in [1.807, 2.05) is 6.07 Å². The summed E-state index contributed by atoms with van der Waals surface area (Å²) in [6.45, 7) is -0.256. The fraction of sp³-hybridized carbons (Fsp3) is 0. The van der Waals surface area contributed by atoms with Crippen molar-refractivity contribution in [1.82, 2.24) is 0 Å². The normalized spacial score (nSPS) is 14.2. The van der Waals surface area contributed by atoms with Crippen LogP contribution in [0.25, 0.3) is 32.3 Å². The number of benzene rings is 12. The quantitative estimate of drug-likeness (QED) is 0.127. The Morgan fingerprint density at radius 1 is 0.227 bits per heavy atom. The van der Waals surface area contributed by atoms with Crippen LogP contribution in [0.3, 0.4) is 0 Å². The maximum absolute atomic E-state index is 7.24. The molecule has 12 aromatic rings. The number of anilines is 6. The van der Waals surface area contributed by atoms with Crippen molar-refractivity contribution < 1.29 is 18.9 Å². The maximum Gasteiger partial charge on any atom is 0.260 e. The third-order valence-electron chi connectivity index (χ3n) is 16.8. The molecule has 18 rings (SSSR count). The minimum absolute atomic E-state index is 0.0815. The van der Waals surface area contributed by atoms with Gasteiger partial charge in [0.15, 0.2) is 0 Å². The highest BCUT2D eigenvalue weighted by molar-refractivity contribution is 7.00. The number of ether oxygens (including phenoxy) is 4. The third kappa shape index (κ3) is 5.31. The van der Waals surface area contributed by atoms with Crippen molar-refractivity contribution >= 4 is 136 Å². The molecule has 0 fully saturated rings. The molecule has 0 aromatic heterocycles. The average Bonchev–Trinajstić information content (AvgIpc) is 3.50. The van der Waals surface area contributed by atoms with E-state index in [-0.39, 0.29) is 20.1 Å². The summed E-state index contributed by atoms with van der Waals surface area (Å²) in [5, 5.41) is 6.73. The molecule has 6 aliphatic rings. The molecule has 0 saturated heterocycles. The van der Waals surface area contributed by atoms with Gasteiger partial charge in [-0.3, -0.25) is 0 Å². The smallest absolute Gasteiger partial charge is 0.260 e. The van der Waals surface area contributed by atoms with Gasteiger partial charge in [0.1, 0.15) is 46.0 Å². The summed E-state index contributed by atoms with van der Waals surface area (Å²) in [6.07, 6.45) is 0. The van der Waals surface area contributed by atoms with Crippen LogP contribution in [-0.2, 0) is 0 Å². The van der Waals surface area contributed by atoms with E-state index in [2.05, 4.69) is 228 Å². The van der Waals surface area contributed by atoms with E-state index < -0.39 is 0 Å². The van der Waals surface area contributed by atoms with E-state index in [1.54, 1.807) is 0 Å². The van der Waals surface area contributed by atoms with Crippen LogP contribution >= 0.6 is 0 Å². The van der Waals surface area contributed by atoms with Gasteiger partial charge in [0.05, 0.1) is 0 Å². The van der Waals surface area contributed by atoms with Gasteiger partial charge >= 0.3 is 0 Å². The van der Waals surface area contributed by atoms with E-state index in [1.165, 1.54) is 27.5 Å². The molecule has 0 bridgehead atoms. The minimum Gasteiger partial charge on any atom is -0.458 e. The summed E-state index contributed by atoms with van der Waals surface area (Å²) in [7, 11) is 0. The molecule has 9 heteroatoms. The molecule has 0 spiro atoms. The van der Waals surface area contributed by atoms with Crippen molar-refractivity contribution in [1.29, 1.82) is 0 Å². The highest BCUT2D eigenvalue weighted by atomic mass is 16.5. The number of nitrogens with zero attached hydrogens (tertiary/aromatic N) is 2. The van der Waals surface area contributed by atoms with E-state index in [4.69, 9.17) is 18.9 Å². The number of fused-ring (bicyclic) bond motifs is 18. The number of rotatable bonds is 2. The Labute approximate surface area is 432 Å². The Hall–Kier alpha value is -9.59. The standard InChI is InChI=1S/C66H37B3N2O4/c1-3-16-38(17-4-1)70-52-23-10-7-20-46(52)67-49-32-40-41-33-50-62(74-58-29-14-26-55-65(58)68(50)47-21-8-11-24-53(47)71(55)39-18-5-2-6-19-39)36-44(41)45-37-63-51(34-42(45)43(40)35-61(49)73-57-28-13-25-54(70)64(57)67)69-48-22-9-12-27-56(48)72-59-30-15-31-60(75-63)66(59)69/h1-37H. The molecule has 0 unspecified atom stereocenters. The second-order valence-corrected chi connectivity index (χ2v) is 20.6. The summed E-state index contributed by atoms with van der Waals surface area (Å²) >= 11 is 0. The van der Waals surface area contributed by atoms with Crippen molar-refractivity contribution in [3.05, 3.63) is 224 Å². The lowest BCUT2D eigenvalue weighted by Gasteiger charge is -2.40. The molecule has 6 aliphatic heterocycles. The lowest BCUT2D eigenvalue weighted by molar-refractivity contribution is 0.465. The van der Waals surface area contributed by atoms with Crippen LogP contribution in [0.5, 0.6) is 46.0 Å². The summed E-state index contributed by atoms with van der Waals surface area (Å²) in [5.41, 5.74) is 17.2. The van der Waals surface area contributed by atoms with Crippen LogP contribution in [-0.4, -0.2) is 20.1 Å². The summed E-state index contributed by atoms with van der Waals surface area (Å²) in [4.78, 5) is 4.79. The fourth-order valence-electron chi connectivity index (χ4n) is 13.8. The summed E-state index contributed by atoms with van der Waals surface area (Å²) in [5.74, 6) is 6.81. The summed E-state index contributed by atoms with van der Waals surface area (Å²) < 4.78 is 28.1. The molecule has 0 aliphatic carbocycles. The van der Waals surface area contributed by atoms with Crippen molar-refractivity contribution in [2.24, 2.45) is 0 Å². The minimum atomic E-state index is -0.0927. The van der Waals surface area contributed by atoms with E-state index in [9.17, 15) is 0 Å². The molecule has 0 amide bonds. The van der Waals surface area contributed by atoms with Gasteiger partial charge in [-0.2, -0.15) is 0 Å². The van der Waals surface area contributed by atoms with Crippen molar-refractivity contribution in [2.75, 3.05) is 9.80 Å². The van der Waals surface area contributed by atoms with Gasteiger partial charge in [-0.05, 0) is 173 Å². The first kappa shape index (κ1) is 40.0. The van der Waals surface area contributed by atoms with Crippen LogP contribution in [0.1, 0.15) is 0 Å². The molecule has 0 radical (unpaired) electrons. The van der Waals surface area contributed by atoms with Gasteiger partial charge in [0.2, 0.25) is 0 Å². The molecule has 6 heterocycles. The Morgan fingerprint density at radius 2 is 0.547 bits per heavy atom. The van der Waals surface area contributed by atoms with Crippen molar-refractivity contribution in [3.63, 3.8) is 0 Å². The van der Waals surface area contributed by atoms with Gasteiger partial charge in [0, 0.05) is 39.6 Å². The van der Waals surface area contributed by atoms with Gasteiger partial charge in [-0.25, -0.2) is 0 Å². The predicted molar refractivity (Wildman–Crippen MR) is 308 cm³/mol. The first-order chi connectivity index (χ1) is 37.2. The first-order valence-electron chi connectivity index (χ1n) is 25.8. The van der Waals surface area contributed by atoms with Crippen LogP contribution in [0.4, 0.5) is 34.1 Å². The lowest BCUT2D eigenvalue weighted by Crippen LogP contribution is -2.59. The summed E-state index contributed by atoms with van der Waals surface area (Å²) in [6, 6.07) is 81.0. The second-order valence-electron chi connectivity index (χ2n) is 20.6. The Bertz CT molecular complexity index is 4550.